The van der Waals surface area contributed by atoms with Gasteiger partial charge in [0.2, 0.25) is 10.0 Å². The van der Waals surface area contributed by atoms with Crippen LogP contribution in [0.1, 0.15) is 25.7 Å². The molecule has 2 rings (SSSR count). The number of benzene rings is 1. The van der Waals surface area contributed by atoms with E-state index in [-0.39, 0.29) is 6.04 Å². The molecule has 1 fully saturated rings. The van der Waals surface area contributed by atoms with Crippen molar-refractivity contribution in [3.8, 4) is 0 Å². The quantitative estimate of drug-likeness (QED) is 0.813. The molecule has 0 unspecified atom stereocenters. The molecule has 2 N–H and O–H groups in total. The number of likely N-dealkylation sites (N-methyl/N-ethyl adjacent to an activating group) is 1. The van der Waals surface area contributed by atoms with Crippen molar-refractivity contribution < 1.29 is 8.42 Å². The average Bonchev–Trinajstić information content (AvgIpc) is 2.92. The Balaban J connectivity index is 2.26. The molecule has 0 amide bonds. The summed E-state index contributed by atoms with van der Waals surface area (Å²) in [6, 6.07) is 6.62. The van der Waals surface area contributed by atoms with Gasteiger partial charge < -0.3 is 10.6 Å². The summed E-state index contributed by atoms with van der Waals surface area (Å²) in [5, 5.41) is 0. The van der Waals surface area contributed by atoms with Gasteiger partial charge >= 0.3 is 0 Å². The zero-order valence-electron chi connectivity index (χ0n) is 12.8. The number of anilines is 1. The third kappa shape index (κ3) is 3.96. The first-order valence-electron chi connectivity index (χ1n) is 7.43. The van der Waals surface area contributed by atoms with E-state index in [2.05, 4.69) is 0 Å². The molecule has 0 aliphatic heterocycles. The minimum atomic E-state index is -3.45. The van der Waals surface area contributed by atoms with E-state index in [0.29, 0.717) is 17.1 Å². The lowest BCUT2D eigenvalue weighted by atomic mass is 10.2. The molecular formula is C15H25N3O2S. The van der Waals surface area contributed by atoms with Gasteiger partial charge in [-0.15, -0.1) is 0 Å². The minimum absolute atomic E-state index is 0.132. The molecular weight excluding hydrogens is 286 g/mol. The van der Waals surface area contributed by atoms with Crippen LogP contribution >= 0.6 is 0 Å². The predicted octanol–water partition coefficient (Wildman–Crippen LogP) is 1.76. The van der Waals surface area contributed by atoms with Crippen molar-refractivity contribution >= 4 is 15.7 Å². The molecule has 1 aliphatic carbocycles. The molecule has 0 spiro atoms. The molecule has 118 valence electrons. The third-order valence-corrected chi connectivity index (χ3v) is 5.95. The molecule has 0 aromatic heterocycles. The van der Waals surface area contributed by atoms with Crippen LogP contribution in [-0.2, 0) is 10.0 Å². The van der Waals surface area contributed by atoms with Gasteiger partial charge in [-0.3, -0.25) is 0 Å². The molecule has 1 aromatic carbocycles. The second kappa shape index (κ2) is 6.77. The van der Waals surface area contributed by atoms with Crippen molar-refractivity contribution in [3.63, 3.8) is 0 Å². The van der Waals surface area contributed by atoms with E-state index in [1.54, 1.807) is 28.6 Å². The van der Waals surface area contributed by atoms with Crippen molar-refractivity contribution in [2.75, 3.05) is 32.9 Å². The van der Waals surface area contributed by atoms with Crippen LogP contribution in [-0.4, -0.2) is 50.8 Å². The van der Waals surface area contributed by atoms with Crippen LogP contribution in [0.15, 0.2) is 29.2 Å². The molecule has 0 atom stereocenters. The van der Waals surface area contributed by atoms with Gasteiger partial charge in [-0.1, -0.05) is 12.8 Å². The predicted molar refractivity (Wildman–Crippen MR) is 85.6 cm³/mol. The van der Waals surface area contributed by atoms with Crippen LogP contribution in [0, 0.1) is 0 Å². The van der Waals surface area contributed by atoms with Gasteiger partial charge in [0.1, 0.15) is 0 Å². The number of hydrogen-bond acceptors (Lipinski definition) is 4. The Labute approximate surface area is 127 Å². The van der Waals surface area contributed by atoms with Gasteiger partial charge in [0.05, 0.1) is 4.90 Å². The number of nitrogens with zero attached hydrogens (tertiary/aromatic N) is 2. The summed E-state index contributed by atoms with van der Waals surface area (Å²) in [4.78, 5) is 2.35. The first-order chi connectivity index (χ1) is 9.91. The largest absolute Gasteiger partial charge is 0.399 e. The van der Waals surface area contributed by atoms with Gasteiger partial charge in [0.15, 0.2) is 0 Å². The molecule has 21 heavy (non-hydrogen) atoms. The Hall–Kier alpha value is -1.11. The lowest BCUT2D eigenvalue weighted by molar-refractivity contribution is 0.282. The fraction of sp³-hybridized carbons (Fsp3) is 0.600. The standard InChI is InChI=1S/C15H25N3O2S/c1-17(2)11-12-18(14-5-3-4-6-14)21(19,20)15-9-7-13(16)8-10-15/h7-10,14H,3-6,11-12,16H2,1-2H3. The summed E-state index contributed by atoms with van der Waals surface area (Å²) < 4.78 is 27.5. The Morgan fingerprint density at radius 3 is 2.19 bits per heavy atom. The third-order valence-electron chi connectivity index (χ3n) is 3.99. The molecule has 1 aliphatic rings. The second-order valence-corrected chi connectivity index (χ2v) is 7.82. The van der Waals surface area contributed by atoms with Gasteiger partial charge in [0, 0.05) is 24.8 Å². The van der Waals surface area contributed by atoms with Gasteiger partial charge in [-0.2, -0.15) is 4.31 Å². The van der Waals surface area contributed by atoms with Crippen molar-refractivity contribution in [3.05, 3.63) is 24.3 Å². The molecule has 6 heteroatoms. The summed E-state index contributed by atoms with van der Waals surface area (Å²) in [6.07, 6.45) is 4.14. The second-order valence-electron chi connectivity index (χ2n) is 5.93. The van der Waals surface area contributed by atoms with E-state index in [4.69, 9.17) is 5.73 Å². The van der Waals surface area contributed by atoms with E-state index in [9.17, 15) is 8.42 Å². The zero-order chi connectivity index (χ0) is 15.5. The molecule has 1 aromatic rings. The molecule has 0 heterocycles. The van der Waals surface area contributed by atoms with Crippen LogP contribution < -0.4 is 5.73 Å². The Morgan fingerprint density at radius 2 is 1.67 bits per heavy atom. The SMILES string of the molecule is CN(C)CCN(C1CCCC1)S(=O)(=O)c1ccc(N)cc1. The highest BCUT2D eigenvalue weighted by Gasteiger charge is 2.32. The monoisotopic (exact) mass is 311 g/mol. The highest BCUT2D eigenvalue weighted by atomic mass is 32.2. The first-order valence-corrected chi connectivity index (χ1v) is 8.87. The Kier molecular flexibility index (Phi) is 5.24. The summed E-state index contributed by atoms with van der Waals surface area (Å²) in [6.45, 7) is 1.26. The first kappa shape index (κ1) is 16.3. The maximum Gasteiger partial charge on any atom is 0.243 e. The van der Waals surface area contributed by atoms with Crippen LogP contribution in [0.3, 0.4) is 0 Å². The van der Waals surface area contributed by atoms with Gasteiger partial charge in [0.25, 0.3) is 0 Å². The van der Waals surface area contributed by atoms with Crippen LogP contribution in [0.25, 0.3) is 0 Å². The van der Waals surface area contributed by atoms with Crippen molar-refractivity contribution in [2.45, 2.75) is 36.6 Å². The highest BCUT2D eigenvalue weighted by Crippen LogP contribution is 2.28. The van der Waals surface area contributed by atoms with Gasteiger partial charge in [-0.25, -0.2) is 8.42 Å². The van der Waals surface area contributed by atoms with E-state index >= 15 is 0 Å². The fourth-order valence-corrected chi connectivity index (χ4v) is 4.44. The van der Waals surface area contributed by atoms with Crippen molar-refractivity contribution in [1.29, 1.82) is 0 Å². The van der Waals surface area contributed by atoms with Crippen LogP contribution in [0.5, 0.6) is 0 Å². The summed E-state index contributed by atoms with van der Waals surface area (Å²) in [5.41, 5.74) is 6.23. The van der Waals surface area contributed by atoms with Crippen molar-refractivity contribution in [2.24, 2.45) is 0 Å². The smallest absolute Gasteiger partial charge is 0.243 e. The van der Waals surface area contributed by atoms with E-state index in [1.807, 2.05) is 19.0 Å². The number of nitrogen functional groups attached to an aromatic ring is 1. The Bertz CT molecular complexity index is 549. The highest BCUT2D eigenvalue weighted by molar-refractivity contribution is 7.89. The van der Waals surface area contributed by atoms with Crippen LogP contribution in [0.4, 0.5) is 5.69 Å². The van der Waals surface area contributed by atoms with Gasteiger partial charge in [-0.05, 0) is 51.2 Å². The Morgan fingerprint density at radius 1 is 1.10 bits per heavy atom. The zero-order valence-corrected chi connectivity index (χ0v) is 13.6. The minimum Gasteiger partial charge on any atom is -0.399 e. The topological polar surface area (TPSA) is 66.6 Å². The van der Waals surface area contributed by atoms with E-state index in [1.165, 1.54) is 0 Å². The number of hydrogen-bond donors (Lipinski definition) is 1. The normalized spacial score (nSPS) is 17.0. The van der Waals surface area contributed by atoms with E-state index in [0.717, 1.165) is 32.2 Å². The summed E-state index contributed by atoms with van der Waals surface area (Å²) >= 11 is 0. The lowest BCUT2D eigenvalue weighted by Crippen LogP contribution is -2.42. The van der Waals surface area contributed by atoms with Crippen LogP contribution in [0.2, 0.25) is 0 Å². The molecule has 1 saturated carbocycles. The number of nitrogens with two attached hydrogens (primary N) is 1. The average molecular weight is 311 g/mol. The molecule has 5 nitrogen and oxygen atoms in total. The lowest BCUT2D eigenvalue weighted by Gasteiger charge is -2.29. The van der Waals surface area contributed by atoms with Crippen molar-refractivity contribution in [1.82, 2.24) is 9.21 Å². The number of sulfonamides is 1. The summed E-state index contributed by atoms with van der Waals surface area (Å²) in [7, 11) is 0.476. The molecule has 0 radical (unpaired) electrons. The van der Waals surface area contributed by atoms with E-state index < -0.39 is 10.0 Å². The molecule has 0 bridgehead atoms. The maximum atomic E-state index is 12.9. The number of rotatable bonds is 6. The summed E-state index contributed by atoms with van der Waals surface area (Å²) in [5.74, 6) is 0. The fourth-order valence-electron chi connectivity index (χ4n) is 2.77. The maximum absolute atomic E-state index is 12.9. The molecule has 0 saturated heterocycles.